The van der Waals surface area contributed by atoms with Crippen LogP contribution in [0.3, 0.4) is 0 Å². The van der Waals surface area contributed by atoms with E-state index in [1.807, 2.05) is 106 Å². The first kappa shape index (κ1) is 45.2. The zero-order chi connectivity index (χ0) is 42.9. The van der Waals surface area contributed by atoms with E-state index in [-0.39, 0.29) is 37.3 Å². The fourth-order valence-corrected chi connectivity index (χ4v) is 8.71. The molecule has 1 saturated heterocycles. The average Bonchev–Trinajstić information content (AvgIpc) is 4.06. The van der Waals surface area contributed by atoms with Gasteiger partial charge in [0.15, 0.2) is 18.9 Å². The average molecular weight is 849 g/mol. The first-order valence-electron chi connectivity index (χ1n) is 22.2. The molecule has 2 aromatic rings. The summed E-state index contributed by atoms with van der Waals surface area (Å²) in [6.07, 6.45) is 2.87. The van der Waals surface area contributed by atoms with Crippen LogP contribution in [0.4, 0.5) is 9.59 Å². The van der Waals surface area contributed by atoms with E-state index in [0.717, 1.165) is 30.4 Å². The van der Waals surface area contributed by atoms with Gasteiger partial charge in [0.2, 0.25) is 0 Å². The second kappa shape index (κ2) is 21.5. The highest BCUT2D eigenvalue weighted by atomic mass is 16.8. The van der Waals surface area contributed by atoms with Crippen LogP contribution >= 0.6 is 0 Å². The number of carbonyl (C=O) groups excluding carboxylic acids is 2. The van der Waals surface area contributed by atoms with Gasteiger partial charge in [-0.3, -0.25) is 0 Å². The highest BCUT2D eigenvalue weighted by molar-refractivity contribution is 5.68. The number of benzene rings is 2. The van der Waals surface area contributed by atoms with E-state index in [1.165, 1.54) is 0 Å². The Hall–Kier alpha value is -3.86. The van der Waals surface area contributed by atoms with E-state index in [0.29, 0.717) is 31.6 Å². The van der Waals surface area contributed by atoms with Crippen LogP contribution in [0, 0.1) is 17.8 Å². The Morgan fingerprint density at radius 1 is 0.639 bits per heavy atom. The maximum Gasteiger partial charge on any atom is 0.408 e. The fourth-order valence-electron chi connectivity index (χ4n) is 8.71. The Labute approximate surface area is 359 Å². The molecule has 14 nitrogen and oxygen atoms in total. The Morgan fingerprint density at radius 2 is 1.15 bits per heavy atom. The normalized spacial score (nSPS) is 36.0. The van der Waals surface area contributed by atoms with Crippen LogP contribution in [0.2, 0.25) is 0 Å². The van der Waals surface area contributed by atoms with Crippen molar-refractivity contribution in [3.05, 3.63) is 96.1 Å². The summed E-state index contributed by atoms with van der Waals surface area (Å²) in [4.78, 5) is 26.0. The van der Waals surface area contributed by atoms with Crippen molar-refractivity contribution in [2.24, 2.45) is 17.8 Å². The SMILES string of the molecule is CCC1C=CC(NC(=O)OCc2ccccc2)C(OC2C(CC)OC(OC3C(O)C(CC4CC4)CC(C)C3OC3OC(CC)C=CC3NC(=O)OCc3ccccc3)C2O)O1. The predicted molar refractivity (Wildman–Crippen MR) is 223 cm³/mol. The van der Waals surface area contributed by atoms with Gasteiger partial charge in [0.1, 0.15) is 43.6 Å². The zero-order valence-electron chi connectivity index (χ0n) is 35.7. The van der Waals surface area contributed by atoms with Gasteiger partial charge in [-0.15, -0.1) is 0 Å². The number of rotatable bonds is 17. The summed E-state index contributed by atoms with van der Waals surface area (Å²) in [5.41, 5.74) is 1.71. The standard InChI is InChI=1S/C47H64N2O12/c1-5-33-20-22-35(48-46(52)54-26-30-14-10-8-11-15-30)43(56-33)59-40-28(4)24-32(25-29-18-19-29)38(50)42(40)61-45-39(51)41(37(7-3)58-45)60-44-36(23-21-34(6-2)57-44)49-47(53)55-27-31-16-12-9-13-17-31/h8-17,20-23,28-29,32-45,50-51H,5-7,18-19,24-27H2,1-4H3,(H,48,52)(H,49,53). The lowest BCUT2D eigenvalue weighted by atomic mass is 9.74. The van der Waals surface area contributed by atoms with Crippen molar-refractivity contribution in [2.75, 3.05) is 0 Å². The summed E-state index contributed by atoms with van der Waals surface area (Å²) >= 11 is 0. The quantitative estimate of drug-likeness (QED) is 0.129. The number of carbonyl (C=O) groups is 2. The van der Waals surface area contributed by atoms with Crippen LogP contribution in [0.5, 0.6) is 0 Å². The van der Waals surface area contributed by atoms with Crippen LogP contribution < -0.4 is 10.6 Å². The first-order valence-corrected chi connectivity index (χ1v) is 22.2. The molecule has 2 aromatic carbocycles. The molecule has 4 N–H and O–H groups in total. The number of nitrogens with one attached hydrogen (secondary N) is 2. The van der Waals surface area contributed by atoms with Crippen LogP contribution in [0.25, 0.3) is 0 Å². The van der Waals surface area contributed by atoms with Crippen LogP contribution in [0.1, 0.15) is 83.8 Å². The predicted octanol–water partition coefficient (Wildman–Crippen LogP) is 6.43. The summed E-state index contributed by atoms with van der Waals surface area (Å²) in [5.74, 6) is 0.410. The first-order chi connectivity index (χ1) is 29.6. The Balaban J connectivity index is 1.05. The van der Waals surface area contributed by atoms with Crippen molar-refractivity contribution in [3.63, 3.8) is 0 Å². The maximum atomic E-state index is 13.1. The number of alkyl carbamates (subject to hydrolysis) is 2. The highest BCUT2D eigenvalue weighted by Gasteiger charge is 2.53. The molecule has 3 heterocycles. The molecule has 5 aliphatic rings. The molecule has 15 unspecified atom stereocenters. The number of aliphatic hydroxyl groups excluding tert-OH is 2. The lowest BCUT2D eigenvalue weighted by molar-refractivity contribution is -0.291. The molecule has 15 atom stereocenters. The fraction of sp³-hybridized carbons (Fsp3) is 0.617. The van der Waals surface area contributed by atoms with Crippen molar-refractivity contribution >= 4 is 12.2 Å². The lowest BCUT2D eigenvalue weighted by Crippen LogP contribution is -2.58. The van der Waals surface area contributed by atoms with Crippen molar-refractivity contribution in [1.29, 1.82) is 0 Å². The number of ether oxygens (including phenoxy) is 8. The third-order valence-corrected chi connectivity index (χ3v) is 12.3. The molecule has 0 spiro atoms. The second-order valence-electron chi connectivity index (χ2n) is 17.0. The lowest BCUT2D eigenvalue weighted by Gasteiger charge is -2.46. The molecule has 0 aromatic heterocycles. The van der Waals surface area contributed by atoms with Gasteiger partial charge in [0.05, 0.1) is 30.5 Å². The molecule has 7 rings (SSSR count). The van der Waals surface area contributed by atoms with E-state index < -0.39 is 79.8 Å². The summed E-state index contributed by atoms with van der Waals surface area (Å²) in [6.45, 7) is 8.18. The molecule has 2 amide bonds. The van der Waals surface area contributed by atoms with E-state index in [9.17, 15) is 19.8 Å². The van der Waals surface area contributed by atoms with Gasteiger partial charge in [0, 0.05) is 0 Å². The van der Waals surface area contributed by atoms with Crippen molar-refractivity contribution in [3.8, 4) is 0 Å². The molecule has 14 heteroatoms. The molecule has 2 aliphatic carbocycles. The Kier molecular flexibility index (Phi) is 15.9. The van der Waals surface area contributed by atoms with E-state index in [4.69, 9.17) is 37.9 Å². The van der Waals surface area contributed by atoms with Gasteiger partial charge in [0.25, 0.3) is 0 Å². The van der Waals surface area contributed by atoms with Gasteiger partial charge < -0.3 is 58.7 Å². The van der Waals surface area contributed by atoms with Crippen LogP contribution in [-0.4, -0.2) is 102 Å². The van der Waals surface area contributed by atoms with E-state index in [2.05, 4.69) is 17.6 Å². The Morgan fingerprint density at radius 3 is 1.64 bits per heavy atom. The van der Waals surface area contributed by atoms with Crippen molar-refractivity contribution < 1.29 is 57.7 Å². The molecule has 3 aliphatic heterocycles. The second-order valence-corrected chi connectivity index (χ2v) is 17.0. The zero-order valence-corrected chi connectivity index (χ0v) is 35.7. The summed E-state index contributed by atoms with van der Waals surface area (Å²) < 4.78 is 50.1. The molecule has 334 valence electrons. The molecular weight excluding hydrogens is 785 g/mol. The smallest absolute Gasteiger partial charge is 0.408 e. The van der Waals surface area contributed by atoms with Gasteiger partial charge >= 0.3 is 12.2 Å². The van der Waals surface area contributed by atoms with Gasteiger partial charge in [-0.05, 0) is 61.0 Å². The van der Waals surface area contributed by atoms with Crippen molar-refractivity contribution in [2.45, 2.75) is 166 Å². The number of aliphatic hydroxyl groups is 2. The minimum atomic E-state index is -1.29. The Bertz CT molecular complexity index is 1750. The number of amides is 2. The minimum Gasteiger partial charge on any atom is -0.445 e. The van der Waals surface area contributed by atoms with Crippen molar-refractivity contribution in [1.82, 2.24) is 10.6 Å². The molecular formula is C47H64N2O12. The molecule has 0 radical (unpaired) electrons. The van der Waals surface area contributed by atoms with E-state index >= 15 is 0 Å². The molecule has 61 heavy (non-hydrogen) atoms. The van der Waals surface area contributed by atoms with Gasteiger partial charge in [-0.1, -0.05) is 126 Å². The third kappa shape index (κ3) is 12.0. The van der Waals surface area contributed by atoms with Crippen LogP contribution in [-0.2, 0) is 51.1 Å². The maximum absolute atomic E-state index is 13.1. The highest BCUT2D eigenvalue weighted by Crippen LogP contribution is 2.44. The number of hydrogen-bond donors (Lipinski definition) is 4. The molecule has 0 bridgehead atoms. The third-order valence-electron chi connectivity index (χ3n) is 12.3. The largest absolute Gasteiger partial charge is 0.445 e. The molecule has 2 saturated carbocycles. The van der Waals surface area contributed by atoms with Gasteiger partial charge in [-0.2, -0.15) is 0 Å². The summed E-state index contributed by atoms with van der Waals surface area (Å²) in [5, 5.41) is 29.8. The minimum absolute atomic E-state index is 0.0563. The summed E-state index contributed by atoms with van der Waals surface area (Å²) in [6, 6.07) is 17.4. The topological polar surface area (TPSA) is 172 Å². The monoisotopic (exact) mass is 848 g/mol. The van der Waals surface area contributed by atoms with Gasteiger partial charge in [-0.25, -0.2) is 9.59 Å². The van der Waals surface area contributed by atoms with Crippen LogP contribution in [0.15, 0.2) is 85.0 Å². The summed E-state index contributed by atoms with van der Waals surface area (Å²) in [7, 11) is 0. The number of hydrogen-bond acceptors (Lipinski definition) is 12. The molecule has 3 fully saturated rings. The van der Waals surface area contributed by atoms with E-state index in [1.54, 1.807) is 0 Å².